The minimum atomic E-state index is -0.214. The third-order valence-corrected chi connectivity index (χ3v) is 1.91. The van der Waals surface area contributed by atoms with Crippen LogP contribution in [0.1, 0.15) is 32.7 Å². The normalized spacial score (nSPS) is 7.60. The fourth-order valence-corrected chi connectivity index (χ4v) is 1.27. The number of anilines is 1. The summed E-state index contributed by atoms with van der Waals surface area (Å²) >= 11 is 1.45. The summed E-state index contributed by atoms with van der Waals surface area (Å²) in [5, 5.41) is 6.78. The molecule has 0 aliphatic carbocycles. The Morgan fingerprint density at radius 1 is 1.33 bits per heavy atom. The molecule has 0 aliphatic heterocycles. The van der Waals surface area contributed by atoms with Crippen molar-refractivity contribution >= 4 is 22.4 Å². The van der Waals surface area contributed by atoms with Crippen LogP contribution >= 0.6 is 11.3 Å². The lowest BCUT2D eigenvalue weighted by atomic mass is 10.8. The van der Waals surface area contributed by atoms with E-state index in [1.165, 1.54) is 11.3 Å². The maximum Gasteiger partial charge on any atom is 0.319 e. The molecular formula is C10H21N3OS. The highest BCUT2D eigenvalue weighted by Crippen LogP contribution is 2.16. The number of carbonyl (C=O) groups is 1. The Morgan fingerprint density at radius 2 is 1.87 bits per heavy atom. The van der Waals surface area contributed by atoms with Gasteiger partial charge in [0.15, 0.2) is 0 Å². The van der Waals surface area contributed by atoms with Gasteiger partial charge in [-0.1, -0.05) is 27.7 Å². The number of thiazole rings is 1. The minimum absolute atomic E-state index is 0.214. The quantitative estimate of drug-likeness (QED) is 0.779. The van der Waals surface area contributed by atoms with Crippen molar-refractivity contribution in [1.82, 2.24) is 10.3 Å². The Hall–Kier alpha value is -1.10. The summed E-state index contributed by atoms with van der Waals surface area (Å²) in [6.45, 7) is 9.89. The Kier molecular flexibility index (Phi) is 12.0. The first-order chi connectivity index (χ1) is 7.22. The van der Waals surface area contributed by atoms with Crippen LogP contribution in [-0.2, 0) is 0 Å². The smallest absolute Gasteiger partial charge is 0.319 e. The topological polar surface area (TPSA) is 54.0 Å². The van der Waals surface area contributed by atoms with Gasteiger partial charge in [-0.2, -0.15) is 0 Å². The molecule has 1 rings (SSSR count). The average molecular weight is 231 g/mol. The van der Waals surface area contributed by atoms with Crippen LogP contribution in [0.25, 0.3) is 0 Å². The summed E-state index contributed by atoms with van der Waals surface area (Å²) in [6.07, 6.45) is 1.63. The second-order valence-electron chi connectivity index (χ2n) is 1.95. The van der Waals surface area contributed by atoms with Gasteiger partial charge in [-0.25, -0.2) is 9.78 Å². The van der Waals surface area contributed by atoms with E-state index in [-0.39, 0.29) is 6.03 Å². The average Bonchev–Trinajstić information content (AvgIpc) is 2.69. The molecule has 88 valence electrons. The summed E-state index contributed by atoms with van der Waals surface area (Å²) in [5.74, 6) is 0. The monoisotopic (exact) mass is 231 g/mol. The van der Waals surface area contributed by atoms with E-state index in [2.05, 4.69) is 15.6 Å². The zero-order valence-corrected chi connectivity index (χ0v) is 11.2. The predicted molar refractivity (Wildman–Crippen MR) is 67.6 cm³/mol. The van der Waals surface area contributed by atoms with Crippen LogP contribution in [0.2, 0.25) is 0 Å². The molecule has 4 nitrogen and oxygen atoms in total. The van der Waals surface area contributed by atoms with Crippen LogP contribution in [0, 0.1) is 6.92 Å². The minimum Gasteiger partial charge on any atom is -0.341 e. The molecule has 0 spiro atoms. The van der Waals surface area contributed by atoms with E-state index in [1.807, 2.05) is 34.6 Å². The van der Waals surface area contributed by atoms with E-state index >= 15 is 0 Å². The number of hydrogen-bond acceptors (Lipinski definition) is 3. The standard InChI is InChI=1S/C6H9N3OS.2C2H6/c1-4-8-3-5(11-4)9-6(10)7-2;2*1-2/h3H,1-2H3,(H2,7,9,10);2*1-2H3. The van der Waals surface area contributed by atoms with Crippen molar-refractivity contribution < 1.29 is 4.79 Å². The van der Waals surface area contributed by atoms with E-state index < -0.39 is 0 Å². The molecule has 5 heteroatoms. The van der Waals surface area contributed by atoms with Crippen molar-refractivity contribution in [2.24, 2.45) is 0 Å². The molecule has 0 fully saturated rings. The van der Waals surface area contributed by atoms with E-state index in [9.17, 15) is 4.79 Å². The number of rotatable bonds is 1. The molecule has 15 heavy (non-hydrogen) atoms. The molecule has 0 atom stereocenters. The molecule has 2 N–H and O–H groups in total. The first kappa shape index (κ1) is 16.3. The van der Waals surface area contributed by atoms with Crippen molar-refractivity contribution in [3.8, 4) is 0 Å². The molecule has 0 saturated heterocycles. The highest BCUT2D eigenvalue weighted by molar-refractivity contribution is 7.15. The lowest BCUT2D eigenvalue weighted by Gasteiger charge is -1.97. The molecule has 0 unspecified atom stereocenters. The van der Waals surface area contributed by atoms with Gasteiger partial charge in [0.2, 0.25) is 0 Å². The Bertz CT molecular complexity index is 261. The van der Waals surface area contributed by atoms with Crippen LogP contribution < -0.4 is 10.6 Å². The Labute approximate surface area is 96.1 Å². The fourth-order valence-electron chi connectivity index (χ4n) is 0.594. The molecule has 1 aromatic heterocycles. The van der Waals surface area contributed by atoms with Crippen molar-refractivity contribution in [3.63, 3.8) is 0 Å². The molecule has 0 saturated carbocycles. The van der Waals surface area contributed by atoms with E-state index in [0.717, 1.165) is 10.0 Å². The number of urea groups is 1. The fraction of sp³-hybridized carbons (Fsp3) is 0.600. The maximum absolute atomic E-state index is 10.7. The first-order valence-electron chi connectivity index (χ1n) is 5.13. The zero-order valence-electron chi connectivity index (χ0n) is 10.3. The van der Waals surface area contributed by atoms with E-state index in [1.54, 1.807) is 13.2 Å². The van der Waals surface area contributed by atoms with Gasteiger partial charge in [0.05, 0.1) is 11.2 Å². The van der Waals surface area contributed by atoms with Gasteiger partial charge in [-0.3, -0.25) is 5.32 Å². The van der Waals surface area contributed by atoms with Gasteiger partial charge in [-0.05, 0) is 6.92 Å². The molecule has 0 aliphatic rings. The van der Waals surface area contributed by atoms with Crippen LogP contribution in [-0.4, -0.2) is 18.1 Å². The lowest BCUT2D eigenvalue weighted by Crippen LogP contribution is -2.23. The van der Waals surface area contributed by atoms with Crippen LogP contribution in [0.5, 0.6) is 0 Å². The summed E-state index contributed by atoms with van der Waals surface area (Å²) in [4.78, 5) is 14.7. The maximum atomic E-state index is 10.7. The molecule has 2 amide bonds. The summed E-state index contributed by atoms with van der Waals surface area (Å²) in [7, 11) is 1.57. The Balaban J connectivity index is 0. The van der Waals surface area contributed by atoms with Crippen molar-refractivity contribution in [3.05, 3.63) is 11.2 Å². The highest BCUT2D eigenvalue weighted by Gasteiger charge is 2.00. The van der Waals surface area contributed by atoms with Gasteiger partial charge >= 0.3 is 6.03 Å². The van der Waals surface area contributed by atoms with Gasteiger partial charge in [-0.15, -0.1) is 11.3 Å². The van der Waals surface area contributed by atoms with E-state index in [0.29, 0.717) is 0 Å². The van der Waals surface area contributed by atoms with Gasteiger partial charge in [0.25, 0.3) is 0 Å². The summed E-state index contributed by atoms with van der Waals surface area (Å²) in [5.41, 5.74) is 0. The number of amides is 2. The third kappa shape index (κ3) is 7.93. The van der Waals surface area contributed by atoms with Crippen LogP contribution in [0.3, 0.4) is 0 Å². The number of hydrogen-bond donors (Lipinski definition) is 2. The second-order valence-corrected chi connectivity index (χ2v) is 3.18. The molecule has 1 aromatic rings. The highest BCUT2D eigenvalue weighted by atomic mass is 32.1. The van der Waals surface area contributed by atoms with Crippen LogP contribution in [0.4, 0.5) is 9.80 Å². The molecule has 0 radical (unpaired) electrons. The number of nitrogens with zero attached hydrogens (tertiary/aromatic N) is 1. The number of aryl methyl sites for hydroxylation is 1. The van der Waals surface area contributed by atoms with E-state index in [4.69, 9.17) is 0 Å². The number of aromatic nitrogens is 1. The lowest BCUT2D eigenvalue weighted by molar-refractivity contribution is 0.254. The molecule has 0 aromatic carbocycles. The summed E-state index contributed by atoms with van der Waals surface area (Å²) < 4.78 is 0. The third-order valence-electron chi connectivity index (χ3n) is 1.09. The number of nitrogens with one attached hydrogen (secondary N) is 2. The molecule has 0 bridgehead atoms. The molecular weight excluding hydrogens is 210 g/mol. The van der Waals surface area contributed by atoms with Gasteiger partial charge in [0, 0.05) is 7.05 Å². The Morgan fingerprint density at radius 3 is 2.20 bits per heavy atom. The summed E-state index contributed by atoms with van der Waals surface area (Å²) in [6, 6.07) is -0.214. The zero-order chi connectivity index (χ0) is 12.3. The van der Waals surface area contributed by atoms with Crippen molar-refractivity contribution in [2.45, 2.75) is 34.6 Å². The van der Waals surface area contributed by atoms with Crippen molar-refractivity contribution in [2.75, 3.05) is 12.4 Å². The molecule has 1 heterocycles. The van der Waals surface area contributed by atoms with Crippen molar-refractivity contribution in [1.29, 1.82) is 0 Å². The second kappa shape index (κ2) is 11.0. The SMILES string of the molecule is CC.CC.CNC(=O)Nc1cnc(C)s1. The van der Waals surface area contributed by atoms with Crippen LogP contribution in [0.15, 0.2) is 6.20 Å². The number of carbonyl (C=O) groups excluding carboxylic acids is 1. The first-order valence-corrected chi connectivity index (χ1v) is 5.95. The van der Waals surface area contributed by atoms with Gasteiger partial charge in [0.1, 0.15) is 5.00 Å². The predicted octanol–water partition coefficient (Wildman–Crippen LogP) is 3.26. The van der Waals surface area contributed by atoms with Gasteiger partial charge < -0.3 is 5.32 Å². The largest absolute Gasteiger partial charge is 0.341 e.